The predicted molar refractivity (Wildman–Crippen MR) is 101 cm³/mol. The van der Waals surface area contributed by atoms with E-state index in [4.69, 9.17) is 9.47 Å². The van der Waals surface area contributed by atoms with Crippen LogP contribution in [0, 0.1) is 0 Å². The fourth-order valence-corrected chi connectivity index (χ4v) is 3.20. The molecule has 2 heterocycles. The van der Waals surface area contributed by atoms with Gasteiger partial charge in [-0.1, -0.05) is 12.1 Å². The van der Waals surface area contributed by atoms with Crippen LogP contribution in [0.1, 0.15) is 10.4 Å². The zero-order valence-corrected chi connectivity index (χ0v) is 14.9. The number of ether oxygens (including phenoxy) is 2. The molecule has 3 aromatic rings. The monoisotopic (exact) mass is 365 g/mol. The van der Waals surface area contributed by atoms with Crippen molar-refractivity contribution in [2.24, 2.45) is 0 Å². The number of hydrogen-bond donors (Lipinski definition) is 0. The third kappa shape index (κ3) is 3.17. The van der Waals surface area contributed by atoms with E-state index in [-0.39, 0.29) is 11.5 Å². The van der Waals surface area contributed by atoms with Crippen molar-refractivity contribution < 1.29 is 14.3 Å². The Morgan fingerprint density at radius 1 is 1.15 bits per heavy atom. The molecule has 0 unspecified atom stereocenters. The molecule has 7 nitrogen and oxygen atoms in total. The van der Waals surface area contributed by atoms with Gasteiger partial charge in [0, 0.05) is 18.7 Å². The van der Waals surface area contributed by atoms with Crippen LogP contribution in [0.3, 0.4) is 0 Å². The van der Waals surface area contributed by atoms with E-state index >= 15 is 0 Å². The quantitative estimate of drug-likeness (QED) is 0.708. The SMILES string of the molecule is COc1ccccc1-n1cnc2cc(C(=O)N3CCOCC3)ccc2c1=O. The van der Waals surface area contributed by atoms with Crippen LogP contribution in [-0.4, -0.2) is 53.8 Å². The molecule has 1 amide bonds. The summed E-state index contributed by atoms with van der Waals surface area (Å²) in [5, 5.41) is 0.446. The Kier molecular flexibility index (Phi) is 4.60. The van der Waals surface area contributed by atoms with Gasteiger partial charge in [-0.25, -0.2) is 4.98 Å². The number of hydrogen-bond acceptors (Lipinski definition) is 5. The molecule has 0 bridgehead atoms. The van der Waals surface area contributed by atoms with Gasteiger partial charge in [-0.3, -0.25) is 14.2 Å². The third-order valence-corrected chi connectivity index (χ3v) is 4.65. The summed E-state index contributed by atoms with van der Waals surface area (Å²) in [6.07, 6.45) is 1.46. The Morgan fingerprint density at radius 3 is 2.70 bits per heavy atom. The molecule has 0 spiro atoms. The maximum Gasteiger partial charge on any atom is 0.265 e. The number of carbonyl (C=O) groups is 1. The molecule has 27 heavy (non-hydrogen) atoms. The molecule has 0 atom stereocenters. The molecule has 2 aromatic carbocycles. The first-order chi connectivity index (χ1) is 13.2. The summed E-state index contributed by atoms with van der Waals surface area (Å²) in [6, 6.07) is 12.3. The van der Waals surface area contributed by atoms with Gasteiger partial charge in [-0.05, 0) is 30.3 Å². The van der Waals surface area contributed by atoms with E-state index in [1.165, 1.54) is 10.9 Å². The number of fused-ring (bicyclic) bond motifs is 1. The first kappa shape index (κ1) is 17.2. The Labute approximate surface area is 155 Å². The van der Waals surface area contributed by atoms with Gasteiger partial charge in [0.1, 0.15) is 12.1 Å². The number of para-hydroxylation sites is 2. The van der Waals surface area contributed by atoms with E-state index < -0.39 is 0 Å². The van der Waals surface area contributed by atoms with Crippen molar-refractivity contribution in [3.8, 4) is 11.4 Å². The van der Waals surface area contributed by atoms with E-state index in [2.05, 4.69) is 4.98 Å². The van der Waals surface area contributed by atoms with Gasteiger partial charge in [0.25, 0.3) is 11.5 Å². The Balaban J connectivity index is 1.74. The lowest BCUT2D eigenvalue weighted by atomic mass is 10.1. The van der Waals surface area contributed by atoms with Crippen molar-refractivity contribution in [3.63, 3.8) is 0 Å². The predicted octanol–water partition coefficient (Wildman–Crippen LogP) is 1.87. The fourth-order valence-electron chi connectivity index (χ4n) is 3.20. The zero-order chi connectivity index (χ0) is 18.8. The van der Waals surface area contributed by atoms with Crippen LogP contribution >= 0.6 is 0 Å². The number of carbonyl (C=O) groups excluding carboxylic acids is 1. The number of morpholine rings is 1. The summed E-state index contributed by atoms with van der Waals surface area (Å²) >= 11 is 0. The van der Waals surface area contributed by atoms with Crippen LogP contribution in [0.2, 0.25) is 0 Å². The van der Waals surface area contributed by atoms with E-state index in [1.807, 2.05) is 12.1 Å². The van der Waals surface area contributed by atoms with E-state index in [9.17, 15) is 9.59 Å². The van der Waals surface area contributed by atoms with Crippen LogP contribution in [-0.2, 0) is 4.74 Å². The summed E-state index contributed by atoms with van der Waals surface area (Å²) in [5.41, 5.74) is 1.42. The van der Waals surface area contributed by atoms with Crippen LogP contribution in [0.25, 0.3) is 16.6 Å². The van der Waals surface area contributed by atoms with E-state index in [1.54, 1.807) is 42.3 Å². The fraction of sp³-hybridized carbons (Fsp3) is 0.250. The Hall–Kier alpha value is -3.19. The summed E-state index contributed by atoms with van der Waals surface area (Å²) in [6.45, 7) is 2.22. The van der Waals surface area contributed by atoms with Gasteiger partial charge in [-0.15, -0.1) is 0 Å². The van der Waals surface area contributed by atoms with Crippen molar-refractivity contribution in [1.82, 2.24) is 14.5 Å². The molecule has 0 N–H and O–H groups in total. The van der Waals surface area contributed by atoms with Crippen molar-refractivity contribution in [2.75, 3.05) is 33.4 Å². The molecule has 0 aliphatic carbocycles. The lowest BCUT2D eigenvalue weighted by Gasteiger charge is -2.26. The average molecular weight is 365 g/mol. The molecular formula is C20H19N3O4. The summed E-state index contributed by atoms with van der Waals surface area (Å²) in [7, 11) is 1.56. The second-order valence-electron chi connectivity index (χ2n) is 6.23. The highest BCUT2D eigenvalue weighted by molar-refractivity contribution is 5.97. The second kappa shape index (κ2) is 7.20. The molecule has 1 aromatic heterocycles. The van der Waals surface area contributed by atoms with Gasteiger partial charge in [-0.2, -0.15) is 0 Å². The van der Waals surface area contributed by atoms with Crippen molar-refractivity contribution in [2.45, 2.75) is 0 Å². The van der Waals surface area contributed by atoms with Crippen LogP contribution in [0.4, 0.5) is 0 Å². The maximum atomic E-state index is 12.9. The second-order valence-corrected chi connectivity index (χ2v) is 6.23. The highest BCUT2D eigenvalue weighted by atomic mass is 16.5. The van der Waals surface area contributed by atoms with Crippen molar-refractivity contribution in [1.29, 1.82) is 0 Å². The number of nitrogens with zero attached hydrogens (tertiary/aromatic N) is 3. The first-order valence-electron chi connectivity index (χ1n) is 8.71. The summed E-state index contributed by atoms with van der Waals surface area (Å²) in [5.74, 6) is 0.510. The molecule has 7 heteroatoms. The Bertz CT molecular complexity index is 1050. The lowest BCUT2D eigenvalue weighted by Crippen LogP contribution is -2.40. The molecule has 1 aliphatic heterocycles. The van der Waals surface area contributed by atoms with Gasteiger partial charge in [0.2, 0.25) is 0 Å². The molecule has 0 saturated carbocycles. The molecule has 1 fully saturated rings. The zero-order valence-electron chi connectivity index (χ0n) is 14.9. The van der Waals surface area contributed by atoms with Crippen LogP contribution in [0.5, 0.6) is 5.75 Å². The van der Waals surface area contributed by atoms with Gasteiger partial charge >= 0.3 is 0 Å². The maximum absolute atomic E-state index is 12.9. The summed E-state index contributed by atoms with van der Waals surface area (Å²) in [4.78, 5) is 31.7. The average Bonchev–Trinajstić information content (AvgIpc) is 2.74. The standard InChI is InChI=1S/C20H19N3O4/c1-26-18-5-3-2-4-17(18)23-13-21-16-12-14(6-7-15(16)20(23)25)19(24)22-8-10-27-11-9-22/h2-7,12-13H,8-11H2,1H3. The molecule has 138 valence electrons. The van der Waals surface area contributed by atoms with Gasteiger partial charge in [0.15, 0.2) is 0 Å². The van der Waals surface area contributed by atoms with E-state index in [0.717, 1.165) is 0 Å². The highest BCUT2D eigenvalue weighted by Gasteiger charge is 2.19. The number of amides is 1. The minimum atomic E-state index is -0.213. The molecular weight excluding hydrogens is 346 g/mol. The molecule has 4 rings (SSSR count). The first-order valence-corrected chi connectivity index (χ1v) is 8.71. The number of aromatic nitrogens is 2. The van der Waals surface area contributed by atoms with Crippen molar-refractivity contribution in [3.05, 3.63) is 64.7 Å². The van der Waals surface area contributed by atoms with Gasteiger partial charge < -0.3 is 14.4 Å². The van der Waals surface area contributed by atoms with Crippen LogP contribution in [0.15, 0.2) is 53.6 Å². The highest BCUT2D eigenvalue weighted by Crippen LogP contribution is 2.21. The minimum Gasteiger partial charge on any atom is -0.495 e. The lowest BCUT2D eigenvalue weighted by molar-refractivity contribution is 0.0303. The summed E-state index contributed by atoms with van der Waals surface area (Å²) < 4.78 is 12.1. The van der Waals surface area contributed by atoms with Crippen LogP contribution < -0.4 is 10.3 Å². The molecule has 1 aliphatic rings. The molecule has 0 radical (unpaired) electrons. The topological polar surface area (TPSA) is 73.7 Å². The minimum absolute atomic E-state index is 0.0732. The third-order valence-electron chi connectivity index (χ3n) is 4.65. The smallest absolute Gasteiger partial charge is 0.265 e. The van der Waals surface area contributed by atoms with Gasteiger partial charge in [0.05, 0.1) is 36.9 Å². The number of benzene rings is 2. The largest absolute Gasteiger partial charge is 0.495 e. The number of methoxy groups -OCH3 is 1. The van der Waals surface area contributed by atoms with Crippen molar-refractivity contribution >= 4 is 16.8 Å². The van der Waals surface area contributed by atoms with E-state index in [0.29, 0.717) is 54.2 Å². The normalized spacial score (nSPS) is 14.3. The Morgan fingerprint density at radius 2 is 1.93 bits per heavy atom. The number of rotatable bonds is 3. The molecule has 1 saturated heterocycles.